The molecule has 0 aromatic carbocycles. The number of nitrogens with two attached hydrogens (primary N) is 1. The molecule has 1 amide bonds. The molecule has 0 aliphatic carbocycles. The summed E-state index contributed by atoms with van der Waals surface area (Å²) < 4.78 is 0. The molecule has 0 aliphatic rings. The minimum absolute atomic E-state index is 0.243. The highest BCUT2D eigenvalue weighted by Gasteiger charge is 2.28. The zero-order chi connectivity index (χ0) is 14.2. The number of hydrogen-bond acceptors (Lipinski definition) is 3. The zero-order valence-corrected chi connectivity index (χ0v) is 13.4. The summed E-state index contributed by atoms with van der Waals surface area (Å²) in [6.45, 7) is 11.5. The maximum absolute atomic E-state index is 11.4. The van der Waals surface area contributed by atoms with Crippen molar-refractivity contribution in [2.24, 2.45) is 11.7 Å². The number of thioether (sulfide) groups is 1. The first-order chi connectivity index (χ1) is 8.33. The van der Waals surface area contributed by atoms with Gasteiger partial charge in [0.1, 0.15) is 0 Å². The summed E-state index contributed by atoms with van der Waals surface area (Å²) in [6, 6.07) is 0. The van der Waals surface area contributed by atoms with Crippen LogP contribution in [0.1, 0.15) is 53.9 Å². The molecule has 0 spiro atoms. The Morgan fingerprint density at radius 2 is 1.94 bits per heavy atom. The summed E-state index contributed by atoms with van der Waals surface area (Å²) in [6.07, 6.45) is 3.02. The van der Waals surface area contributed by atoms with E-state index in [2.05, 4.69) is 26.1 Å². The van der Waals surface area contributed by atoms with Crippen LogP contribution < -0.4 is 11.1 Å². The van der Waals surface area contributed by atoms with Gasteiger partial charge in [-0.1, -0.05) is 34.1 Å². The molecular weight excluding hydrogens is 244 g/mol. The lowest BCUT2D eigenvalue weighted by atomic mass is 9.94. The predicted molar refractivity (Wildman–Crippen MR) is 81.9 cm³/mol. The molecule has 0 rings (SSSR count). The second-order valence-corrected chi connectivity index (χ2v) is 6.99. The van der Waals surface area contributed by atoms with E-state index in [1.807, 2.05) is 25.6 Å². The minimum Gasteiger partial charge on any atom is -0.368 e. The fraction of sp³-hybridized carbons (Fsp3) is 0.929. The fourth-order valence-electron chi connectivity index (χ4n) is 1.73. The standard InChI is InChI=1S/C14H30N2OS/c1-6-16-14(5,13(15)17)9-7-8-10-18-12(4)11(2)3/h11-12,16H,6-10H2,1-5H3,(H2,15,17). The van der Waals surface area contributed by atoms with Crippen LogP contribution >= 0.6 is 11.8 Å². The zero-order valence-electron chi connectivity index (χ0n) is 12.6. The number of carbonyl (C=O) groups is 1. The highest BCUT2D eigenvalue weighted by molar-refractivity contribution is 7.99. The summed E-state index contributed by atoms with van der Waals surface area (Å²) in [4.78, 5) is 11.4. The predicted octanol–water partition coefficient (Wildman–Crippen LogP) is 2.79. The Morgan fingerprint density at radius 1 is 1.33 bits per heavy atom. The highest BCUT2D eigenvalue weighted by atomic mass is 32.2. The Balaban J connectivity index is 3.85. The molecule has 3 nitrogen and oxygen atoms in total. The molecule has 3 N–H and O–H groups in total. The molecule has 4 heteroatoms. The molecule has 2 unspecified atom stereocenters. The summed E-state index contributed by atoms with van der Waals surface area (Å²) in [7, 11) is 0. The van der Waals surface area contributed by atoms with Crippen molar-refractivity contribution < 1.29 is 4.79 Å². The SMILES string of the molecule is CCNC(C)(CCCCSC(C)C(C)C)C(N)=O. The van der Waals surface area contributed by atoms with Gasteiger partial charge in [0, 0.05) is 5.25 Å². The molecule has 2 atom stereocenters. The van der Waals surface area contributed by atoms with Gasteiger partial charge in [-0.25, -0.2) is 0 Å². The van der Waals surface area contributed by atoms with Crippen LogP contribution in [0.4, 0.5) is 0 Å². The number of nitrogens with one attached hydrogen (secondary N) is 1. The van der Waals surface area contributed by atoms with Crippen LogP contribution in [0.3, 0.4) is 0 Å². The number of hydrogen-bond donors (Lipinski definition) is 2. The van der Waals surface area contributed by atoms with Crippen LogP contribution in [0, 0.1) is 5.92 Å². The van der Waals surface area contributed by atoms with Crippen LogP contribution in [-0.4, -0.2) is 29.0 Å². The summed E-state index contributed by atoms with van der Waals surface area (Å²) >= 11 is 2.02. The van der Waals surface area contributed by atoms with E-state index in [1.54, 1.807) is 0 Å². The maximum Gasteiger partial charge on any atom is 0.237 e. The van der Waals surface area contributed by atoms with Gasteiger partial charge in [-0.3, -0.25) is 4.79 Å². The molecule has 0 radical (unpaired) electrons. The monoisotopic (exact) mass is 274 g/mol. The second kappa shape index (κ2) is 8.81. The van der Waals surface area contributed by atoms with Crippen molar-refractivity contribution >= 4 is 17.7 Å². The highest BCUT2D eigenvalue weighted by Crippen LogP contribution is 2.21. The Morgan fingerprint density at radius 3 is 2.39 bits per heavy atom. The van der Waals surface area contributed by atoms with E-state index >= 15 is 0 Å². The molecule has 0 bridgehead atoms. The molecule has 0 heterocycles. The van der Waals surface area contributed by atoms with Crippen LogP contribution in [0.25, 0.3) is 0 Å². The lowest BCUT2D eigenvalue weighted by Crippen LogP contribution is -2.52. The van der Waals surface area contributed by atoms with E-state index in [4.69, 9.17) is 5.73 Å². The average Bonchev–Trinajstić information content (AvgIpc) is 2.28. The quantitative estimate of drug-likeness (QED) is 0.602. The normalized spacial score (nSPS) is 16.6. The molecule has 0 fully saturated rings. The molecule has 0 aliphatic heterocycles. The van der Waals surface area contributed by atoms with Gasteiger partial charge in [0.25, 0.3) is 0 Å². The third-order valence-electron chi connectivity index (χ3n) is 3.50. The van der Waals surface area contributed by atoms with Crippen molar-refractivity contribution in [1.29, 1.82) is 0 Å². The van der Waals surface area contributed by atoms with Gasteiger partial charge >= 0.3 is 0 Å². The van der Waals surface area contributed by atoms with Gasteiger partial charge in [0.15, 0.2) is 0 Å². The van der Waals surface area contributed by atoms with Crippen molar-refractivity contribution in [1.82, 2.24) is 5.32 Å². The van der Waals surface area contributed by atoms with Crippen LogP contribution in [0.15, 0.2) is 0 Å². The smallest absolute Gasteiger partial charge is 0.237 e. The molecule has 108 valence electrons. The summed E-state index contributed by atoms with van der Waals surface area (Å²) in [5.74, 6) is 1.65. The van der Waals surface area contributed by atoms with E-state index in [0.717, 1.165) is 31.7 Å². The molecule has 0 aromatic rings. The Hall–Kier alpha value is -0.220. The number of unbranched alkanes of at least 4 members (excludes halogenated alkanes) is 1. The lowest BCUT2D eigenvalue weighted by molar-refractivity contribution is -0.124. The van der Waals surface area contributed by atoms with Crippen molar-refractivity contribution in [3.05, 3.63) is 0 Å². The Bertz CT molecular complexity index is 246. The fourth-order valence-corrected chi connectivity index (χ4v) is 2.86. The van der Waals surface area contributed by atoms with Gasteiger partial charge in [-0.2, -0.15) is 11.8 Å². The van der Waals surface area contributed by atoms with E-state index in [0.29, 0.717) is 5.25 Å². The molecule has 0 saturated heterocycles. The van der Waals surface area contributed by atoms with Crippen LogP contribution in [0.2, 0.25) is 0 Å². The van der Waals surface area contributed by atoms with Gasteiger partial charge in [-0.15, -0.1) is 0 Å². The van der Waals surface area contributed by atoms with E-state index in [-0.39, 0.29) is 5.91 Å². The van der Waals surface area contributed by atoms with E-state index in [1.165, 1.54) is 5.75 Å². The molecule has 0 saturated carbocycles. The van der Waals surface area contributed by atoms with Gasteiger partial charge < -0.3 is 11.1 Å². The number of likely N-dealkylation sites (N-methyl/N-ethyl adjacent to an activating group) is 1. The number of primary amides is 1. The second-order valence-electron chi connectivity index (χ2n) is 5.50. The molecule has 0 aromatic heterocycles. The topological polar surface area (TPSA) is 55.1 Å². The van der Waals surface area contributed by atoms with Gasteiger partial charge in [-0.05, 0) is 38.0 Å². The first kappa shape index (κ1) is 17.8. The lowest BCUT2D eigenvalue weighted by Gasteiger charge is -2.27. The van der Waals surface area contributed by atoms with Gasteiger partial charge in [0.2, 0.25) is 5.91 Å². The van der Waals surface area contributed by atoms with Crippen molar-refractivity contribution in [3.63, 3.8) is 0 Å². The summed E-state index contributed by atoms with van der Waals surface area (Å²) in [5.41, 5.74) is 4.91. The van der Waals surface area contributed by atoms with Crippen LogP contribution in [0.5, 0.6) is 0 Å². The average molecular weight is 274 g/mol. The first-order valence-corrected chi connectivity index (χ1v) is 8.05. The largest absolute Gasteiger partial charge is 0.368 e. The van der Waals surface area contributed by atoms with Crippen molar-refractivity contribution in [3.8, 4) is 0 Å². The Kier molecular flexibility index (Phi) is 8.70. The van der Waals surface area contributed by atoms with Crippen molar-refractivity contribution in [2.45, 2.75) is 64.7 Å². The van der Waals surface area contributed by atoms with E-state index in [9.17, 15) is 4.79 Å². The van der Waals surface area contributed by atoms with Crippen LogP contribution in [-0.2, 0) is 4.79 Å². The summed E-state index contributed by atoms with van der Waals surface area (Å²) in [5, 5.41) is 3.90. The third kappa shape index (κ3) is 6.64. The van der Waals surface area contributed by atoms with E-state index < -0.39 is 5.54 Å². The molecule has 18 heavy (non-hydrogen) atoms. The Labute approximate surface area is 117 Å². The van der Waals surface area contributed by atoms with Crippen molar-refractivity contribution in [2.75, 3.05) is 12.3 Å². The number of amides is 1. The third-order valence-corrected chi connectivity index (χ3v) is 5.10. The molecular formula is C14H30N2OS. The van der Waals surface area contributed by atoms with Gasteiger partial charge in [0.05, 0.1) is 5.54 Å². The first-order valence-electron chi connectivity index (χ1n) is 7.00. The maximum atomic E-state index is 11.4. The minimum atomic E-state index is -0.539. The number of carbonyl (C=O) groups excluding carboxylic acids is 1. The number of rotatable bonds is 10.